The lowest BCUT2D eigenvalue weighted by Gasteiger charge is -1.99. The molecule has 0 bridgehead atoms. The van der Waals surface area contributed by atoms with Crippen LogP contribution in [0.4, 0.5) is 0 Å². The first-order valence-electron chi connectivity index (χ1n) is 3.24. The Bertz CT molecular complexity index is 114. The maximum atomic E-state index is 10.7. The molecule has 10 heavy (non-hydrogen) atoms. The maximum absolute atomic E-state index is 10.7. The molecule has 0 aromatic carbocycles. The van der Waals surface area contributed by atoms with E-state index in [0.717, 1.165) is 11.8 Å². The molecule has 0 aliphatic rings. The van der Waals surface area contributed by atoms with Crippen molar-refractivity contribution in [3.05, 3.63) is 12.7 Å². The first-order chi connectivity index (χ1) is 4.81. The second-order valence-electron chi connectivity index (χ2n) is 1.87. The summed E-state index contributed by atoms with van der Waals surface area (Å²) >= 11 is 3.18. The molecule has 3 heteroatoms. The third-order valence-electron chi connectivity index (χ3n) is 0.992. The third-order valence-corrected chi connectivity index (χ3v) is 1.39. The zero-order chi connectivity index (χ0) is 7.82. The SMILES string of the molecule is C=CCCNC(=O)CCBr. The summed E-state index contributed by atoms with van der Waals surface area (Å²) in [5.74, 6) is 0.0960. The lowest BCUT2D eigenvalue weighted by Crippen LogP contribution is -2.23. The van der Waals surface area contributed by atoms with E-state index in [0.29, 0.717) is 13.0 Å². The Hall–Kier alpha value is -0.310. The van der Waals surface area contributed by atoms with Crippen LogP contribution in [0, 0.1) is 0 Å². The fraction of sp³-hybridized carbons (Fsp3) is 0.571. The van der Waals surface area contributed by atoms with Gasteiger partial charge in [-0.1, -0.05) is 22.0 Å². The van der Waals surface area contributed by atoms with Gasteiger partial charge in [-0.15, -0.1) is 6.58 Å². The lowest BCUT2D eigenvalue weighted by molar-refractivity contribution is -0.120. The molecule has 0 aliphatic heterocycles. The van der Waals surface area contributed by atoms with Crippen molar-refractivity contribution in [2.45, 2.75) is 12.8 Å². The summed E-state index contributed by atoms with van der Waals surface area (Å²) in [7, 11) is 0. The summed E-state index contributed by atoms with van der Waals surface area (Å²) in [5.41, 5.74) is 0. The summed E-state index contributed by atoms with van der Waals surface area (Å²) in [4.78, 5) is 10.7. The van der Waals surface area contributed by atoms with Crippen LogP contribution in [-0.4, -0.2) is 17.8 Å². The highest BCUT2D eigenvalue weighted by Gasteiger charge is 1.95. The average Bonchev–Trinajstić information content (AvgIpc) is 1.89. The van der Waals surface area contributed by atoms with Gasteiger partial charge in [0.05, 0.1) is 0 Å². The minimum absolute atomic E-state index is 0.0960. The molecule has 0 saturated heterocycles. The summed E-state index contributed by atoms with van der Waals surface area (Å²) in [6.45, 7) is 4.25. The molecule has 0 heterocycles. The average molecular weight is 206 g/mol. The van der Waals surface area contributed by atoms with E-state index >= 15 is 0 Å². The molecule has 0 fully saturated rings. The van der Waals surface area contributed by atoms with Gasteiger partial charge < -0.3 is 5.32 Å². The Balaban J connectivity index is 3.13. The van der Waals surface area contributed by atoms with Crippen LogP contribution in [0.25, 0.3) is 0 Å². The molecule has 1 amide bonds. The largest absolute Gasteiger partial charge is 0.356 e. The molecule has 58 valence electrons. The molecule has 1 N–H and O–H groups in total. The van der Waals surface area contributed by atoms with E-state index in [1.807, 2.05) is 0 Å². The Labute approximate surface area is 69.8 Å². The Morgan fingerprint density at radius 2 is 2.40 bits per heavy atom. The first kappa shape index (κ1) is 9.69. The molecule has 0 rings (SSSR count). The van der Waals surface area contributed by atoms with E-state index in [1.165, 1.54) is 0 Å². The first-order valence-corrected chi connectivity index (χ1v) is 4.37. The molecule has 0 aliphatic carbocycles. The van der Waals surface area contributed by atoms with E-state index in [-0.39, 0.29) is 5.91 Å². The highest BCUT2D eigenvalue weighted by molar-refractivity contribution is 9.09. The van der Waals surface area contributed by atoms with Gasteiger partial charge in [0.15, 0.2) is 0 Å². The van der Waals surface area contributed by atoms with E-state index in [1.54, 1.807) is 6.08 Å². The van der Waals surface area contributed by atoms with Gasteiger partial charge in [0, 0.05) is 18.3 Å². The zero-order valence-electron chi connectivity index (χ0n) is 5.90. The van der Waals surface area contributed by atoms with E-state index in [2.05, 4.69) is 27.8 Å². The zero-order valence-corrected chi connectivity index (χ0v) is 7.49. The van der Waals surface area contributed by atoms with Crippen LogP contribution in [0.1, 0.15) is 12.8 Å². The van der Waals surface area contributed by atoms with Crippen molar-refractivity contribution in [3.8, 4) is 0 Å². The predicted molar refractivity (Wildman–Crippen MR) is 46.2 cm³/mol. The minimum Gasteiger partial charge on any atom is -0.356 e. The van der Waals surface area contributed by atoms with Gasteiger partial charge in [-0.25, -0.2) is 0 Å². The van der Waals surface area contributed by atoms with Gasteiger partial charge >= 0.3 is 0 Å². The Morgan fingerprint density at radius 3 is 2.90 bits per heavy atom. The molecule has 0 radical (unpaired) electrons. The number of halogens is 1. The van der Waals surface area contributed by atoms with Gasteiger partial charge in [-0.3, -0.25) is 4.79 Å². The highest BCUT2D eigenvalue weighted by atomic mass is 79.9. The monoisotopic (exact) mass is 205 g/mol. The van der Waals surface area contributed by atoms with Crippen molar-refractivity contribution in [1.29, 1.82) is 0 Å². The molecule has 0 saturated carbocycles. The minimum atomic E-state index is 0.0960. The topological polar surface area (TPSA) is 29.1 Å². The van der Waals surface area contributed by atoms with Gasteiger partial charge in [0.25, 0.3) is 0 Å². The van der Waals surface area contributed by atoms with E-state index < -0.39 is 0 Å². The number of hydrogen-bond donors (Lipinski definition) is 1. The van der Waals surface area contributed by atoms with Crippen LogP contribution in [0.5, 0.6) is 0 Å². The van der Waals surface area contributed by atoms with Crippen molar-refractivity contribution in [2.75, 3.05) is 11.9 Å². The van der Waals surface area contributed by atoms with Crippen molar-refractivity contribution in [1.82, 2.24) is 5.32 Å². The quantitative estimate of drug-likeness (QED) is 0.412. The number of nitrogens with one attached hydrogen (secondary N) is 1. The smallest absolute Gasteiger partial charge is 0.220 e. The van der Waals surface area contributed by atoms with Crippen molar-refractivity contribution in [2.24, 2.45) is 0 Å². The normalized spacial score (nSPS) is 8.90. The van der Waals surface area contributed by atoms with Gasteiger partial charge in [0.2, 0.25) is 5.91 Å². The van der Waals surface area contributed by atoms with Crippen molar-refractivity contribution >= 4 is 21.8 Å². The number of carbonyl (C=O) groups excluding carboxylic acids is 1. The molecule has 0 atom stereocenters. The molecule has 0 spiro atoms. The number of amides is 1. The lowest BCUT2D eigenvalue weighted by atomic mass is 10.4. The predicted octanol–water partition coefficient (Wildman–Crippen LogP) is 1.46. The van der Waals surface area contributed by atoms with Crippen molar-refractivity contribution in [3.63, 3.8) is 0 Å². The van der Waals surface area contributed by atoms with E-state index in [4.69, 9.17) is 0 Å². The Morgan fingerprint density at radius 1 is 1.70 bits per heavy atom. The van der Waals surface area contributed by atoms with Gasteiger partial charge in [-0.05, 0) is 6.42 Å². The van der Waals surface area contributed by atoms with Crippen LogP contribution >= 0.6 is 15.9 Å². The van der Waals surface area contributed by atoms with Gasteiger partial charge in [0.1, 0.15) is 0 Å². The standard InChI is InChI=1S/C7H12BrNO/c1-2-3-6-9-7(10)4-5-8/h2H,1,3-6H2,(H,9,10). The van der Waals surface area contributed by atoms with Crippen LogP contribution < -0.4 is 5.32 Å². The second kappa shape index (κ2) is 6.81. The fourth-order valence-corrected chi connectivity index (χ4v) is 0.848. The molecule has 0 aromatic heterocycles. The number of alkyl halides is 1. The number of hydrogen-bond acceptors (Lipinski definition) is 1. The van der Waals surface area contributed by atoms with Crippen LogP contribution in [0.3, 0.4) is 0 Å². The summed E-state index contributed by atoms with van der Waals surface area (Å²) in [6.07, 6.45) is 3.18. The molecular weight excluding hydrogens is 194 g/mol. The molecule has 0 aromatic rings. The fourth-order valence-electron chi connectivity index (χ4n) is 0.488. The van der Waals surface area contributed by atoms with Gasteiger partial charge in [-0.2, -0.15) is 0 Å². The summed E-state index contributed by atoms with van der Waals surface area (Å²) in [5, 5.41) is 3.47. The van der Waals surface area contributed by atoms with Crippen LogP contribution in [0.15, 0.2) is 12.7 Å². The summed E-state index contributed by atoms with van der Waals surface area (Å²) in [6, 6.07) is 0. The third kappa shape index (κ3) is 5.82. The highest BCUT2D eigenvalue weighted by Crippen LogP contribution is 1.86. The second-order valence-corrected chi connectivity index (χ2v) is 2.66. The molecule has 0 unspecified atom stereocenters. The van der Waals surface area contributed by atoms with Crippen molar-refractivity contribution < 1.29 is 4.79 Å². The Kier molecular flexibility index (Phi) is 6.59. The molecule has 2 nitrogen and oxygen atoms in total. The number of carbonyl (C=O) groups is 1. The number of rotatable bonds is 5. The maximum Gasteiger partial charge on any atom is 0.220 e. The van der Waals surface area contributed by atoms with Crippen LogP contribution in [0.2, 0.25) is 0 Å². The summed E-state index contributed by atoms with van der Waals surface area (Å²) < 4.78 is 0. The van der Waals surface area contributed by atoms with E-state index in [9.17, 15) is 4.79 Å². The molecular formula is C7H12BrNO. The van der Waals surface area contributed by atoms with Crippen LogP contribution in [-0.2, 0) is 4.79 Å².